The molecular formula is C17H20N4O. The van der Waals surface area contributed by atoms with Crippen molar-refractivity contribution in [2.45, 2.75) is 6.54 Å². The maximum atomic E-state index is 12.5. The quantitative estimate of drug-likeness (QED) is 0.896. The maximum Gasteiger partial charge on any atom is 0.255 e. The Bertz CT molecular complexity index is 624. The van der Waals surface area contributed by atoms with Gasteiger partial charge in [0.05, 0.1) is 5.56 Å². The number of carbonyl (C=O) groups excluding carboxylic acids is 1. The van der Waals surface area contributed by atoms with Crippen LogP contribution in [0.4, 0.5) is 5.82 Å². The van der Waals surface area contributed by atoms with Crippen LogP contribution in [0.5, 0.6) is 0 Å². The number of hydrogen-bond acceptors (Lipinski definition) is 4. The molecule has 0 bridgehead atoms. The van der Waals surface area contributed by atoms with Crippen LogP contribution in [0.2, 0.25) is 0 Å². The molecule has 2 aromatic rings. The lowest BCUT2D eigenvalue weighted by atomic mass is 10.2. The Morgan fingerprint density at radius 1 is 1.14 bits per heavy atom. The lowest BCUT2D eigenvalue weighted by Crippen LogP contribution is -2.44. The van der Waals surface area contributed by atoms with Crippen molar-refractivity contribution in [1.29, 1.82) is 0 Å². The van der Waals surface area contributed by atoms with E-state index in [1.165, 1.54) is 0 Å². The summed E-state index contributed by atoms with van der Waals surface area (Å²) in [5, 5.41) is 6.28. The molecule has 1 aliphatic rings. The lowest BCUT2D eigenvalue weighted by Gasteiger charge is -2.29. The number of amides is 1. The van der Waals surface area contributed by atoms with Crippen LogP contribution < -0.4 is 15.5 Å². The number of rotatable bonds is 4. The van der Waals surface area contributed by atoms with Gasteiger partial charge in [0.1, 0.15) is 5.82 Å². The molecule has 5 nitrogen and oxygen atoms in total. The van der Waals surface area contributed by atoms with Crippen molar-refractivity contribution in [3.05, 3.63) is 59.8 Å². The second-order valence-electron chi connectivity index (χ2n) is 5.28. The number of benzene rings is 1. The summed E-state index contributed by atoms with van der Waals surface area (Å²) < 4.78 is 0. The van der Waals surface area contributed by atoms with Gasteiger partial charge in [-0.3, -0.25) is 4.79 Å². The van der Waals surface area contributed by atoms with Crippen molar-refractivity contribution in [3.8, 4) is 0 Å². The van der Waals surface area contributed by atoms with E-state index in [1.807, 2.05) is 42.5 Å². The highest BCUT2D eigenvalue weighted by atomic mass is 16.1. The van der Waals surface area contributed by atoms with Gasteiger partial charge >= 0.3 is 0 Å². The minimum Gasteiger partial charge on any atom is -0.353 e. The standard InChI is InChI=1S/C17H20N4O/c22-17(20-13-14-5-2-1-3-6-14)15-7-4-8-19-16(15)21-11-9-18-10-12-21/h1-8,18H,9-13H2,(H,20,22). The van der Waals surface area contributed by atoms with Crippen LogP contribution >= 0.6 is 0 Å². The van der Waals surface area contributed by atoms with E-state index in [0.29, 0.717) is 12.1 Å². The summed E-state index contributed by atoms with van der Waals surface area (Å²) in [5.74, 6) is 0.694. The molecule has 0 spiro atoms. The van der Waals surface area contributed by atoms with E-state index in [9.17, 15) is 4.79 Å². The molecule has 0 saturated carbocycles. The highest BCUT2D eigenvalue weighted by Gasteiger charge is 2.19. The van der Waals surface area contributed by atoms with E-state index < -0.39 is 0 Å². The van der Waals surface area contributed by atoms with Crippen LogP contribution in [0.25, 0.3) is 0 Å². The molecule has 1 fully saturated rings. The van der Waals surface area contributed by atoms with Gasteiger partial charge in [0.15, 0.2) is 0 Å². The number of hydrogen-bond donors (Lipinski definition) is 2. The molecule has 5 heteroatoms. The zero-order chi connectivity index (χ0) is 15.2. The number of aromatic nitrogens is 1. The monoisotopic (exact) mass is 296 g/mol. The molecule has 0 unspecified atom stereocenters. The van der Waals surface area contributed by atoms with Gasteiger partial charge in [-0.05, 0) is 17.7 Å². The first-order valence-electron chi connectivity index (χ1n) is 7.57. The smallest absolute Gasteiger partial charge is 0.255 e. The van der Waals surface area contributed by atoms with Gasteiger partial charge in [0.2, 0.25) is 0 Å². The molecule has 1 aliphatic heterocycles. The van der Waals surface area contributed by atoms with E-state index in [-0.39, 0.29) is 5.91 Å². The molecule has 2 heterocycles. The zero-order valence-corrected chi connectivity index (χ0v) is 12.5. The Kier molecular flexibility index (Phi) is 4.65. The Morgan fingerprint density at radius 3 is 2.68 bits per heavy atom. The highest BCUT2D eigenvalue weighted by molar-refractivity contribution is 5.98. The molecule has 22 heavy (non-hydrogen) atoms. The normalized spacial score (nSPS) is 14.6. The van der Waals surface area contributed by atoms with Crippen LogP contribution in [-0.4, -0.2) is 37.1 Å². The number of nitrogens with one attached hydrogen (secondary N) is 2. The minimum absolute atomic E-state index is 0.0783. The molecule has 1 amide bonds. The van der Waals surface area contributed by atoms with Crippen molar-refractivity contribution in [2.24, 2.45) is 0 Å². The van der Waals surface area contributed by atoms with Crippen LogP contribution in [-0.2, 0) is 6.54 Å². The molecule has 114 valence electrons. The highest BCUT2D eigenvalue weighted by Crippen LogP contribution is 2.17. The third-order valence-electron chi connectivity index (χ3n) is 3.74. The number of carbonyl (C=O) groups is 1. The fraction of sp³-hybridized carbons (Fsp3) is 0.294. The Labute approximate surface area is 130 Å². The van der Waals surface area contributed by atoms with Crippen molar-refractivity contribution in [1.82, 2.24) is 15.6 Å². The Hall–Kier alpha value is -2.40. The summed E-state index contributed by atoms with van der Waals surface area (Å²) in [4.78, 5) is 19.1. The molecule has 0 radical (unpaired) electrons. The van der Waals surface area contributed by atoms with E-state index in [2.05, 4.69) is 20.5 Å². The average Bonchev–Trinajstić information content (AvgIpc) is 2.61. The maximum absolute atomic E-state index is 12.5. The molecule has 2 N–H and O–H groups in total. The zero-order valence-electron chi connectivity index (χ0n) is 12.5. The van der Waals surface area contributed by atoms with Crippen LogP contribution in [0.15, 0.2) is 48.7 Å². The van der Waals surface area contributed by atoms with Gasteiger partial charge in [-0.2, -0.15) is 0 Å². The minimum atomic E-state index is -0.0783. The van der Waals surface area contributed by atoms with Crippen molar-refractivity contribution in [2.75, 3.05) is 31.1 Å². The Morgan fingerprint density at radius 2 is 1.91 bits per heavy atom. The second kappa shape index (κ2) is 7.04. The van der Waals surface area contributed by atoms with Gasteiger partial charge in [0, 0.05) is 38.9 Å². The fourth-order valence-corrected chi connectivity index (χ4v) is 2.58. The first-order chi connectivity index (χ1) is 10.8. The van der Waals surface area contributed by atoms with Gasteiger partial charge in [-0.15, -0.1) is 0 Å². The number of anilines is 1. The second-order valence-corrected chi connectivity index (χ2v) is 5.28. The molecular weight excluding hydrogens is 276 g/mol. The third-order valence-corrected chi connectivity index (χ3v) is 3.74. The van der Waals surface area contributed by atoms with Crippen molar-refractivity contribution < 1.29 is 4.79 Å². The summed E-state index contributed by atoms with van der Waals surface area (Å²) in [6.07, 6.45) is 1.74. The number of nitrogens with zero attached hydrogens (tertiary/aromatic N) is 2. The largest absolute Gasteiger partial charge is 0.353 e. The summed E-state index contributed by atoms with van der Waals surface area (Å²) in [6, 6.07) is 13.6. The van der Waals surface area contributed by atoms with Crippen LogP contribution in [0.3, 0.4) is 0 Å². The summed E-state index contributed by atoms with van der Waals surface area (Å²) in [6.45, 7) is 4.10. The average molecular weight is 296 g/mol. The predicted molar refractivity (Wildman–Crippen MR) is 86.9 cm³/mol. The number of pyridine rings is 1. The summed E-state index contributed by atoms with van der Waals surface area (Å²) in [7, 11) is 0. The molecule has 1 saturated heterocycles. The Balaban J connectivity index is 1.72. The SMILES string of the molecule is O=C(NCc1ccccc1)c1cccnc1N1CCNCC1. The van der Waals surface area contributed by atoms with Crippen LogP contribution in [0, 0.1) is 0 Å². The van der Waals surface area contributed by atoms with Crippen LogP contribution in [0.1, 0.15) is 15.9 Å². The van der Waals surface area contributed by atoms with Gasteiger partial charge in [-0.25, -0.2) is 4.98 Å². The molecule has 3 rings (SSSR count). The topological polar surface area (TPSA) is 57.3 Å². The van der Waals surface area contributed by atoms with E-state index in [4.69, 9.17) is 0 Å². The summed E-state index contributed by atoms with van der Waals surface area (Å²) in [5.41, 5.74) is 1.73. The number of piperazine rings is 1. The van der Waals surface area contributed by atoms with E-state index in [0.717, 1.165) is 37.6 Å². The molecule has 0 atom stereocenters. The summed E-state index contributed by atoms with van der Waals surface area (Å²) >= 11 is 0. The van der Waals surface area contributed by atoms with Gasteiger partial charge in [0.25, 0.3) is 5.91 Å². The van der Waals surface area contributed by atoms with Crippen molar-refractivity contribution >= 4 is 11.7 Å². The van der Waals surface area contributed by atoms with Gasteiger partial charge in [-0.1, -0.05) is 30.3 Å². The van der Waals surface area contributed by atoms with E-state index >= 15 is 0 Å². The predicted octanol–water partition coefficient (Wildman–Crippen LogP) is 1.42. The third kappa shape index (κ3) is 3.43. The fourth-order valence-electron chi connectivity index (χ4n) is 2.58. The molecule has 1 aromatic carbocycles. The first kappa shape index (κ1) is 14.5. The lowest BCUT2D eigenvalue weighted by molar-refractivity contribution is 0.0951. The molecule has 1 aromatic heterocycles. The first-order valence-corrected chi connectivity index (χ1v) is 7.57. The molecule has 0 aliphatic carbocycles. The van der Waals surface area contributed by atoms with Crippen molar-refractivity contribution in [3.63, 3.8) is 0 Å². The van der Waals surface area contributed by atoms with Gasteiger partial charge < -0.3 is 15.5 Å². The van der Waals surface area contributed by atoms with E-state index in [1.54, 1.807) is 6.20 Å².